The van der Waals surface area contributed by atoms with Crippen molar-refractivity contribution in [2.24, 2.45) is 0 Å². The molecule has 0 amide bonds. The Kier molecular flexibility index (Phi) is 3.45. The minimum absolute atomic E-state index is 0.175. The predicted molar refractivity (Wildman–Crippen MR) is 51.3 cm³/mol. The lowest BCUT2D eigenvalue weighted by molar-refractivity contribution is -0.149. The third-order valence-electron chi connectivity index (χ3n) is 1.72. The average Bonchev–Trinajstić information content (AvgIpc) is 2.18. The van der Waals surface area contributed by atoms with Crippen LogP contribution in [0.25, 0.3) is 0 Å². The highest BCUT2D eigenvalue weighted by molar-refractivity contribution is 5.76. The molecule has 1 aromatic carbocycles. The Morgan fingerprint density at radius 3 is 2.57 bits per heavy atom. The van der Waals surface area contributed by atoms with Crippen LogP contribution >= 0.6 is 0 Å². The Morgan fingerprint density at radius 2 is 2.07 bits per heavy atom. The van der Waals surface area contributed by atoms with E-state index in [-0.39, 0.29) is 12.2 Å². The van der Waals surface area contributed by atoms with E-state index in [2.05, 4.69) is 4.74 Å². The van der Waals surface area contributed by atoms with Crippen LogP contribution in [0.1, 0.15) is 18.7 Å². The van der Waals surface area contributed by atoms with Crippen LogP contribution in [0.5, 0.6) is 0 Å². The van der Waals surface area contributed by atoms with Gasteiger partial charge in [0.15, 0.2) is 0 Å². The van der Waals surface area contributed by atoms with Gasteiger partial charge in [0.25, 0.3) is 0 Å². The molecule has 0 aliphatic rings. The van der Waals surface area contributed by atoms with Crippen LogP contribution in [0.15, 0.2) is 24.3 Å². The van der Waals surface area contributed by atoms with Crippen molar-refractivity contribution in [2.45, 2.75) is 13.1 Å². The minimum atomic E-state index is -1.73. The van der Waals surface area contributed by atoms with Gasteiger partial charge in [-0.2, -0.15) is 0 Å². The zero-order valence-corrected chi connectivity index (χ0v) is 7.87. The van der Waals surface area contributed by atoms with Crippen molar-refractivity contribution < 1.29 is 13.9 Å². The second-order valence-corrected chi connectivity index (χ2v) is 2.78. The van der Waals surface area contributed by atoms with Crippen molar-refractivity contribution in [1.29, 1.82) is 0 Å². The molecule has 0 aromatic heterocycles. The lowest BCUT2D eigenvalue weighted by Crippen LogP contribution is -2.11. The Bertz CT molecular complexity index is 310. The third kappa shape index (κ3) is 2.45. The number of hydrogen-bond acceptors (Lipinski definition) is 3. The first kappa shape index (κ1) is 10.5. The molecule has 0 saturated heterocycles. The summed E-state index contributed by atoms with van der Waals surface area (Å²) in [5.74, 6) is -0.864. The largest absolute Gasteiger partial charge is 0.464 e. The van der Waals surface area contributed by atoms with Crippen LogP contribution in [-0.4, -0.2) is 12.6 Å². The molecule has 1 atom stereocenters. The van der Waals surface area contributed by atoms with Crippen molar-refractivity contribution in [3.05, 3.63) is 29.8 Å². The molecule has 3 nitrogen and oxygen atoms in total. The van der Waals surface area contributed by atoms with Crippen LogP contribution < -0.4 is 5.73 Å². The number of nitrogens with two attached hydrogens (primary N) is 1. The summed E-state index contributed by atoms with van der Waals surface area (Å²) < 4.78 is 17.9. The number of nitrogen functional groups attached to an aromatic ring is 1. The summed E-state index contributed by atoms with van der Waals surface area (Å²) in [5.41, 5.74) is 6.22. The molecule has 4 heteroatoms. The molecule has 14 heavy (non-hydrogen) atoms. The second-order valence-electron chi connectivity index (χ2n) is 2.78. The molecule has 0 bridgehead atoms. The first-order valence-corrected chi connectivity index (χ1v) is 4.31. The summed E-state index contributed by atoms with van der Waals surface area (Å²) in [6.07, 6.45) is -1.73. The Labute approximate surface area is 81.7 Å². The first-order valence-electron chi connectivity index (χ1n) is 4.31. The molecule has 0 aliphatic heterocycles. The molecule has 2 N–H and O–H groups in total. The van der Waals surface area contributed by atoms with Crippen molar-refractivity contribution in [3.8, 4) is 0 Å². The molecule has 0 aliphatic carbocycles. The molecular formula is C10H12FNO2. The number of carbonyl (C=O) groups excluding carboxylic acids is 1. The Morgan fingerprint density at radius 1 is 1.50 bits per heavy atom. The number of halogens is 1. The first-order chi connectivity index (χ1) is 6.65. The molecule has 0 radical (unpaired) electrons. The van der Waals surface area contributed by atoms with E-state index in [1.165, 1.54) is 12.1 Å². The van der Waals surface area contributed by atoms with Gasteiger partial charge in [-0.05, 0) is 24.6 Å². The minimum Gasteiger partial charge on any atom is -0.464 e. The fraction of sp³-hybridized carbons (Fsp3) is 0.300. The summed E-state index contributed by atoms with van der Waals surface area (Å²) in [5, 5.41) is 0. The Balaban J connectivity index is 2.73. The van der Waals surface area contributed by atoms with Crippen molar-refractivity contribution >= 4 is 11.7 Å². The Hall–Kier alpha value is -1.58. The van der Waals surface area contributed by atoms with Gasteiger partial charge in [0.2, 0.25) is 6.17 Å². The van der Waals surface area contributed by atoms with E-state index >= 15 is 0 Å². The smallest absolute Gasteiger partial charge is 0.345 e. The monoisotopic (exact) mass is 197 g/mol. The van der Waals surface area contributed by atoms with E-state index in [9.17, 15) is 9.18 Å². The average molecular weight is 197 g/mol. The van der Waals surface area contributed by atoms with Crippen LogP contribution in [0.4, 0.5) is 10.1 Å². The number of ether oxygens (including phenoxy) is 1. The van der Waals surface area contributed by atoms with Crippen molar-refractivity contribution in [2.75, 3.05) is 12.3 Å². The topological polar surface area (TPSA) is 52.3 Å². The van der Waals surface area contributed by atoms with E-state index in [1.54, 1.807) is 19.1 Å². The van der Waals surface area contributed by atoms with E-state index in [0.717, 1.165) is 0 Å². The molecule has 0 heterocycles. The second kappa shape index (κ2) is 4.60. The van der Waals surface area contributed by atoms with Gasteiger partial charge in [-0.3, -0.25) is 0 Å². The molecular weight excluding hydrogens is 185 g/mol. The number of alkyl halides is 1. The zero-order chi connectivity index (χ0) is 10.6. The maximum Gasteiger partial charge on any atom is 0.345 e. The predicted octanol–water partition coefficient (Wildman–Crippen LogP) is 1.84. The van der Waals surface area contributed by atoms with Crippen LogP contribution in [0.2, 0.25) is 0 Å². The van der Waals surface area contributed by atoms with Gasteiger partial charge in [-0.1, -0.05) is 12.1 Å². The molecule has 1 unspecified atom stereocenters. The lowest BCUT2D eigenvalue weighted by Gasteiger charge is -2.07. The number of carbonyl (C=O) groups is 1. The number of benzene rings is 1. The van der Waals surface area contributed by atoms with Gasteiger partial charge in [-0.25, -0.2) is 9.18 Å². The van der Waals surface area contributed by atoms with Gasteiger partial charge >= 0.3 is 5.97 Å². The molecule has 0 saturated carbocycles. The van der Waals surface area contributed by atoms with E-state index in [4.69, 9.17) is 5.73 Å². The van der Waals surface area contributed by atoms with Crippen LogP contribution in [0.3, 0.4) is 0 Å². The number of rotatable bonds is 3. The van der Waals surface area contributed by atoms with E-state index in [1.807, 2.05) is 0 Å². The molecule has 1 aromatic rings. The maximum atomic E-state index is 13.3. The fourth-order valence-electron chi connectivity index (χ4n) is 1.02. The van der Waals surface area contributed by atoms with E-state index in [0.29, 0.717) is 5.69 Å². The van der Waals surface area contributed by atoms with Crippen LogP contribution in [-0.2, 0) is 9.53 Å². The standard InChI is InChI=1S/C10H12FNO2/c1-2-14-10(13)9(11)7-3-5-8(12)6-4-7/h3-6,9H,2,12H2,1H3. The molecule has 0 fully saturated rings. The summed E-state index contributed by atoms with van der Waals surface area (Å²) in [6, 6.07) is 6.02. The number of hydrogen-bond donors (Lipinski definition) is 1. The van der Waals surface area contributed by atoms with Gasteiger partial charge < -0.3 is 10.5 Å². The normalized spacial score (nSPS) is 12.1. The zero-order valence-electron chi connectivity index (χ0n) is 7.87. The highest BCUT2D eigenvalue weighted by Gasteiger charge is 2.20. The molecule has 1 rings (SSSR count). The fourth-order valence-corrected chi connectivity index (χ4v) is 1.02. The summed E-state index contributed by atoms with van der Waals surface area (Å²) in [4.78, 5) is 11.0. The molecule has 0 spiro atoms. The van der Waals surface area contributed by atoms with Crippen LogP contribution in [0, 0.1) is 0 Å². The van der Waals surface area contributed by atoms with Gasteiger partial charge in [0, 0.05) is 5.69 Å². The van der Waals surface area contributed by atoms with Gasteiger partial charge in [-0.15, -0.1) is 0 Å². The highest BCUT2D eigenvalue weighted by Crippen LogP contribution is 2.19. The molecule has 76 valence electrons. The van der Waals surface area contributed by atoms with Crippen molar-refractivity contribution in [3.63, 3.8) is 0 Å². The van der Waals surface area contributed by atoms with Gasteiger partial charge in [0.1, 0.15) is 0 Å². The van der Waals surface area contributed by atoms with Gasteiger partial charge in [0.05, 0.1) is 6.61 Å². The highest BCUT2D eigenvalue weighted by atomic mass is 19.1. The SMILES string of the molecule is CCOC(=O)C(F)c1ccc(N)cc1. The summed E-state index contributed by atoms with van der Waals surface area (Å²) >= 11 is 0. The quantitative estimate of drug-likeness (QED) is 0.594. The summed E-state index contributed by atoms with van der Waals surface area (Å²) in [6.45, 7) is 1.81. The number of esters is 1. The maximum absolute atomic E-state index is 13.3. The summed E-state index contributed by atoms with van der Waals surface area (Å²) in [7, 11) is 0. The third-order valence-corrected chi connectivity index (χ3v) is 1.72. The van der Waals surface area contributed by atoms with E-state index < -0.39 is 12.1 Å². The lowest BCUT2D eigenvalue weighted by atomic mass is 10.1. The van der Waals surface area contributed by atoms with Crippen molar-refractivity contribution in [1.82, 2.24) is 0 Å². The number of anilines is 1.